The van der Waals surface area contributed by atoms with Crippen LogP contribution in [-0.4, -0.2) is 127 Å². The van der Waals surface area contributed by atoms with Crippen LogP contribution in [0.25, 0.3) is 0 Å². The molecule has 5 aliphatic carbocycles. The van der Waals surface area contributed by atoms with Crippen molar-refractivity contribution in [2.75, 3.05) is 6.61 Å². The first-order valence-corrected chi connectivity index (χ1v) is 20.9. The van der Waals surface area contributed by atoms with Gasteiger partial charge >= 0.3 is 11.9 Å². The molecule has 0 spiro atoms. The number of rotatable bonds is 7. The molecule has 318 valence electrons. The molecule has 2 heterocycles. The maximum atomic E-state index is 14.0. The number of carboxylic acid groups (broad SMARTS) is 2. The van der Waals surface area contributed by atoms with Gasteiger partial charge in [0.1, 0.15) is 42.7 Å². The van der Waals surface area contributed by atoms with Gasteiger partial charge in [-0.1, -0.05) is 53.2 Å². The Morgan fingerprint density at radius 2 is 1.43 bits per heavy atom. The molecule has 0 radical (unpaired) electrons. The molecule has 0 amide bonds. The Kier molecular flexibility index (Phi) is 11.0. The molecule has 0 aromatic rings. The minimum Gasteiger partial charge on any atom is -0.481 e. The van der Waals surface area contributed by atoms with Crippen molar-refractivity contribution in [2.45, 2.75) is 174 Å². The van der Waals surface area contributed by atoms with Crippen LogP contribution in [0.4, 0.5) is 0 Å². The predicted molar refractivity (Wildman–Crippen MR) is 198 cm³/mol. The van der Waals surface area contributed by atoms with Gasteiger partial charge in [0.05, 0.1) is 29.6 Å². The van der Waals surface area contributed by atoms with Crippen LogP contribution in [0.5, 0.6) is 0 Å². The Hall–Kier alpha value is -1.72. The Balaban J connectivity index is 1.14. The lowest BCUT2D eigenvalue weighted by atomic mass is 9.33. The van der Waals surface area contributed by atoms with Crippen molar-refractivity contribution < 1.29 is 69.4 Å². The van der Waals surface area contributed by atoms with E-state index in [9.17, 15) is 50.4 Å². The van der Waals surface area contributed by atoms with Gasteiger partial charge in [0.2, 0.25) is 0 Å². The van der Waals surface area contributed by atoms with Gasteiger partial charge in [-0.05, 0) is 111 Å². The summed E-state index contributed by atoms with van der Waals surface area (Å²) in [6.45, 7) is 14.0. The molecule has 14 heteroatoms. The van der Waals surface area contributed by atoms with E-state index in [2.05, 4.69) is 47.6 Å². The molecule has 6 fully saturated rings. The lowest BCUT2D eigenvalue weighted by Gasteiger charge is -2.70. The highest BCUT2D eigenvalue weighted by atomic mass is 16.7. The van der Waals surface area contributed by atoms with Gasteiger partial charge in [0.25, 0.3) is 0 Å². The highest BCUT2D eigenvalue weighted by Crippen LogP contribution is 2.76. The molecule has 0 aromatic carbocycles. The summed E-state index contributed by atoms with van der Waals surface area (Å²) >= 11 is 0. The number of ether oxygens (including phenoxy) is 4. The first kappa shape index (κ1) is 42.4. The van der Waals surface area contributed by atoms with Crippen LogP contribution in [0.1, 0.15) is 106 Å². The van der Waals surface area contributed by atoms with Gasteiger partial charge in [-0.3, -0.25) is 9.59 Å². The first-order chi connectivity index (χ1) is 26.1. The zero-order valence-electron chi connectivity index (χ0n) is 33.9. The Morgan fingerprint density at radius 3 is 2.07 bits per heavy atom. The molecule has 0 unspecified atom stereocenters. The van der Waals surface area contributed by atoms with E-state index in [0.29, 0.717) is 44.4 Å². The number of allylic oxidation sites excluding steroid dienone is 1. The second-order valence-electron chi connectivity index (χ2n) is 20.0. The molecule has 2 saturated heterocycles. The van der Waals surface area contributed by atoms with E-state index in [-0.39, 0.29) is 29.1 Å². The molecular formula is C42H66O14. The fourth-order valence-electron chi connectivity index (χ4n) is 14.0. The van der Waals surface area contributed by atoms with Crippen molar-refractivity contribution in [2.24, 2.45) is 56.7 Å². The molecule has 4 saturated carbocycles. The standard InChI is InChI=1S/C42H66O14/c1-19-10-15-41(36(49)50)16-17-42(37(51)52)22(27(41)20(19)2)8-9-25-39(6)13-12-26(38(4,5)24(39)11-14-40(25,42)7)55-35-32(48)33(28(44)21(3)53-35)56-34-31(47)30(46)29(45)23(18-43)54-34/h8,19-21,23-35,43-48H,9-18H2,1-7H3,(H,49,50)(H,51,52)/t19-,20+,21+,23-,24+,25-,26+,27+,28+,29-,30+,31-,32-,33-,34+,35+,39+,40-,41+,42-/m1/s1. The lowest BCUT2D eigenvalue weighted by molar-refractivity contribution is -0.366. The van der Waals surface area contributed by atoms with Crippen molar-refractivity contribution in [3.05, 3.63) is 11.6 Å². The van der Waals surface area contributed by atoms with Crippen molar-refractivity contribution in [3.8, 4) is 0 Å². The van der Waals surface area contributed by atoms with Crippen LogP contribution in [0.15, 0.2) is 11.6 Å². The maximum absolute atomic E-state index is 14.0. The Bertz CT molecular complexity index is 1550. The highest BCUT2D eigenvalue weighted by Gasteiger charge is 2.73. The van der Waals surface area contributed by atoms with Crippen LogP contribution in [0, 0.1) is 56.7 Å². The molecule has 56 heavy (non-hydrogen) atoms. The van der Waals surface area contributed by atoms with Crippen LogP contribution < -0.4 is 0 Å². The summed E-state index contributed by atoms with van der Waals surface area (Å²) in [6.07, 6.45) is -7.03. The second-order valence-corrected chi connectivity index (χ2v) is 20.0. The van der Waals surface area contributed by atoms with Crippen LogP contribution in [0.3, 0.4) is 0 Å². The van der Waals surface area contributed by atoms with Crippen LogP contribution in [-0.2, 0) is 28.5 Å². The SMILES string of the molecule is C[C@H]1[C@H](C)CC[C@]2(C(=O)O)CC[C@]3(C(=O)O)C(=CC[C@@H]4[C@@]5(C)CC[C@H](O[C@@H]6O[C@@H](C)[C@H](O)[C@@H](O[C@@H]7O[C@H](CO)[C@@H](O)[C@H](O)[C@H]7O)[C@H]6O)C(C)(C)[C@@H]5CC[C@]43C)[C@H]12. The van der Waals surface area contributed by atoms with Gasteiger partial charge in [0, 0.05) is 0 Å². The summed E-state index contributed by atoms with van der Waals surface area (Å²) in [6, 6.07) is 0. The molecule has 20 atom stereocenters. The van der Waals surface area contributed by atoms with Crippen LogP contribution >= 0.6 is 0 Å². The molecule has 2 aliphatic heterocycles. The smallest absolute Gasteiger partial charge is 0.314 e. The molecule has 7 aliphatic rings. The number of hydrogen-bond acceptors (Lipinski definition) is 12. The van der Waals surface area contributed by atoms with E-state index in [1.807, 2.05) is 0 Å². The molecule has 14 nitrogen and oxygen atoms in total. The van der Waals surface area contributed by atoms with Gasteiger partial charge in [-0.15, -0.1) is 0 Å². The average molecular weight is 795 g/mol. The fraction of sp³-hybridized carbons (Fsp3) is 0.905. The topological polar surface area (TPSA) is 233 Å². The Labute approximate surface area is 329 Å². The summed E-state index contributed by atoms with van der Waals surface area (Å²) < 4.78 is 24.1. The first-order valence-electron chi connectivity index (χ1n) is 20.9. The molecule has 7 rings (SSSR count). The van der Waals surface area contributed by atoms with E-state index in [0.717, 1.165) is 24.8 Å². The summed E-state index contributed by atoms with van der Waals surface area (Å²) in [7, 11) is 0. The summed E-state index contributed by atoms with van der Waals surface area (Å²) in [5, 5.41) is 85.6. The number of carbonyl (C=O) groups is 2. The summed E-state index contributed by atoms with van der Waals surface area (Å²) in [4.78, 5) is 27.1. The van der Waals surface area contributed by atoms with Crippen LogP contribution in [0.2, 0.25) is 0 Å². The third-order valence-corrected chi connectivity index (χ3v) is 17.4. The second kappa shape index (κ2) is 14.5. The number of carboxylic acids is 2. The highest BCUT2D eigenvalue weighted by molar-refractivity contribution is 5.84. The summed E-state index contributed by atoms with van der Waals surface area (Å²) in [5.41, 5.74) is -2.61. The molecular weight excluding hydrogens is 728 g/mol. The van der Waals surface area contributed by atoms with Crippen molar-refractivity contribution in [3.63, 3.8) is 0 Å². The number of aliphatic hydroxyl groups excluding tert-OH is 6. The molecule has 8 N–H and O–H groups in total. The minimum atomic E-state index is -1.73. The largest absolute Gasteiger partial charge is 0.481 e. The van der Waals surface area contributed by atoms with E-state index < -0.39 is 108 Å². The van der Waals surface area contributed by atoms with Crippen molar-refractivity contribution >= 4 is 11.9 Å². The number of hydrogen-bond donors (Lipinski definition) is 8. The van der Waals surface area contributed by atoms with Gasteiger partial charge in [-0.25, -0.2) is 0 Å². The number of aliphatic carboxylic acids is 2. The van der Waals surface area contributed by atoms with Crippen molar-refractivity contribution in [1.29, 1.82) is 0 Å². The predicted octanol–water partition coefficient (Wildman–Crippen LogP) is 2.83. The third kappa shape index (κ3) is 5.85. The fourth-order valence-corrected chi connectivity index (χ4v) is 14.0. The number of aliphatic hydroxyl groups is 6. The maximum Gasteiger partial charge on any atom is 0.314 e. The van der Waals surface area contributed by atoms with Gasteiger partial charge < -0.3 is 59.8 Å². The van der Waals surface area contributed by atoms with Gasteiger partial charge in [-0.2, -0.15) is 0 Å². The average Bonchev–Trinajstić information content (AvgIpc) is 3.14. The number of fused-ring (bicyclic) bond motifs is 7. The minimum absolute atomic E-state index is 0.0190. The zero-order valence-corrected chi connectivity index (χ0v) is 33.9. The Morgan fingerprint density at radius 1 is 0.750 bits per heavy atom. The van der Waals surface area contributed by atoms with Crippen molar-refractivity contribution in [1.82, 2.24) is 0 Å². The molecule has 0 aromatic heterocycles. The van der Waals surface area contributed by atoms with E-state index >= 15 is 0 Å². The van der Waals surface area contributed by atoms with Gasteiger partial charge in [0.15, 0.2) is 12.6 Å². The molecule has 0 bridgehead atoms. The monoisotopic (exact) mass is 794 g/mol. The lowest BCUT2D eigenvalue weighted by Crippen LogP contribution is -2.68. The third-order valence-electron chi connectivity index (χ3n) is 17.4. The van der Waals surface area contributed by atoms with E-state index in [4.69, 9.17) is 18.9 Å². The quantitative estimate of drug-likeness (QED) is 0.137. The zero-order chi connectivity index (χ0) is 41.1. The van der Waals surface area contributed by atoms with E-state index in [1.165, 1.54) is 0 Å². The van der Waals surface area contributed by atoms with E-state index in [1.54, 1.807) is 6.92 Å². The normalized spacial score (nSPS) is 54.1. The summed E-state index contributed by atoms with van der Waals surface area (Å²) in [5.74, 6) is -1.49.